The van der Waals surface area contributed by atoms with Crippen molar-refractivity contribution in [3.8, 4) is 5.75 Å². The van der Waals surface area contributed by atoms with Crippen LogP contribution in [0.3, 0.4) is 0 Å². The van der Waals surface area contributed by atoms with E-state index in [9.17, 15) is 14.7 Å². The van der Waals surface area contributed by atoms with Crippen molar-refractivity contribution in [1.82, 2.24) is 15.5 Å². The van der Waals surface area contributed by atoms with E-state index < -0.39 is 5.91 Å². The van der Waals surface area contributed by atoms with Gasteiger partial charge in [0.05, 0.1) is 24.5 Å². The topological polar surface area (TPSA) is 116 Å². The molecule has 8 heteroatoms. The lowest BCUT2D eigenvalue weighted by molar-refractivity contribution is 0.0864. The number of carbonyl (C=O) groups excluding carboxylic acids is 2. The first-order chi connectivity index (χ1) is 12.6. The van der Waals surface area contributed by atoms with Gasteiger partial charge in [0, 0.05) is 12.2 Å². The van der Waals surface area contributed by atoms with E-state index in [0.717, 1.165) is 12.8 Å². The van der Waals surface area contributed by atoms with E-state index in [2.05, 4.69) is 20.8 Å². The summed E-state index contributed by atoms with van der Waals surface area (Å²) in [6.45, 7) is 0. The fourth-order valence-electron chi connectivity index (χ4n) is 3.05. The second-order valence-corrected chi connectivity index (χ2v) is 6.28. The molecule has 1 aromatic heterocycles. The average Bonchev–Trinajstić information content (AvgIpc) is 3.11. The Balaban J connectivity index is 1.68. The van der Waals surface area contributed by atoms with Gasteiger partial charge in [-0.2, -0.15) is 5.10 Å². The second kappa shape index (κ2) is 8.01. The molecule has 0 spiro atoms. The molecule has 1 aromatic carbocycles. The van der Waals surface area contributed by atoms with E-state index in [1.165, 1.54) is 13.3 Å². The van der Waals surface area contributed by atoms with Crippen molar-refractivity contribution in [3.05, 3.63) is 41.7 Å². The number of para-hydroxylation sites is 1. The fourth-order valence-corrected chi connectivity index (χ4v) is 3.05. The summed E-state index contributed by atoms with van der Waals surface area (Å²) < 4.78 is 5.19. The Labute approximate surface area is 150 Å². The van der Waals surface area contributed by atoms with Crippen molar-refractivity contribution in [2.45, 2.75) is 37.8 Å². The summed E-state index contributed by atoms with van der Waals surface area (Å²) in [5, 5.41) is 21.7. The molecule has 1 fully saturated rings. The van der Waals surface area contributed by atoms with Crippen LogP contribution in [0.15, 0.2) is 30.5 Å². The molecule has 26 heavy (non-hydrogen) atoms. The highest BCUT2D eigenvalue weighted by atomic mass is 16.5. The number of H-pyrrole nitrogens is 1. The Morgan fingerprint density at radius 3 is 2.65 bits per heavy atom. The molecule has 0 saturated heterocycles. The number of benzene rings is 1. The van der Waals surface area contributed by atoms with Crippen LogP contribution in [0.2, 0.25) is 0 Å². The van der Waals surface area contributed by atoms with Crippen LogP contribution in [0.5, 0.6) is 5.75 Å². The highest BCUT2D eigenvalue weighted by Gasteiger charge is 2.24. The molecule has 138 valence electrons. The van der Waals surface area contributed by atoms with Gasteiger partial charge in [-0.1, -0.05) is 12.1 Å². The van der Waals surface area contributed by atoms with Crippen LogP contribution >= 0.6 is 0 Å². The smallest absolute Gasteiger partial charge is 0.274 e. The molecule has 1 heterocycles. The van der Waals surface area contributed by atoms with Crippen LogP contribution in [-0.4, -0.2) is 46.4 Å². The number of anilines is 1. The minimum absolute atomic E-state index is 0.000342. The maximum atomic E-state index is 12.5. The van der Waals surface area contributed by atoms with E-state index in [-0.39, 0.29) is 23.7 Å². The Hall–Kier alpha value is -2.87. The van der Waals surface area contributed by atoms with Gasteiger partial charge in [-0.05, 0) is 37.8 Å². The van der Waals surface area contributed by atoms with Crippen LogP contribution < -0.4 is 15.4 Å². The zero-order valence-electron chi connectivity index (χ0n) is 14.5. The van der Waals surface area contributed by atoms with Crippen molar-refractivity contribution in [2.75, 3.05) is 12.4 Å². The second-order valence-electron chi connectivity index (χ2n) is 6.28. The first-order valence-electron chi connectivity index (χ1n) is 8.55. The Bertz CT molecular complexity index is 781. The maximum Gasteiger partial charge on any atom is 0.274 e. The van der Waals surface area contributed by atoms with Gasteiger partial charge in [-0.3, -0.25) is 14.7 Å². The number of ether oxygens (including phenoxy) is 1. The zero-order valence-corrected chi connectivity index (χ0v) is 14.5. The highest BCUT2D eigenvalue weighted by molar-refractivity contribution is 6.09. The number of aromatic amines is 1. The summed E-state index contributed by atoms with van der Waals surface area (Å²) in [4.78, 5) is 25.0. The predicted molar refractivity (Wildman–Crippen MR) is 95.3 cm³/mol. The Morgan fingerprint density at radius 1 is 1.19 bits per heavy atom. The van der Waals surface area contributed by atoms with E-state index in [0.29, 0.717) is 29.8 Å². The van der Waals surface area contributed by atoms with Gasteiger partial charge in [-0.25, -0.2) is 0 Å². The number of nitrogens with one attached hydrogen (secondary N) is 3. The van der Waals surface area contributed by atoms with Crippen LogP contribution in [0.25, 0.3) is 0 Å². The van der Waals surface area contributed by atoms with Gasteiger partial charge in [0.15, 0.2) is 5.69 Å². The zero-order chi connectivity index (χ0) is 18.5. The summed E-state index contributed by atoms with van der Waals surface area (Å²) in [6.07, 6.45) is 3.96. The normalized spacial score (nSPS) is 19.6. The molecule has 1 saturated carbocycles. The first-order valence-corrected chi connectivity index (χ1v) is 8.55. The maximum absolute atomic E-state index is 12.5. The molecule has 0 radical (unpaired) electrons. The number of aromatic nitrogens is 2. The van der Waals surface area contributed by atoms with E-state index in [1.807, 2.05) is 0 Å². The number of methoxy groups -OCH3 is 1. The third-order valence-corrected chi connectivity index (χ3v) is 4.49. The average molecular weight is 358 g/mol. The largest absolute Gasteiger partial charge is 0.496 e. The molecule has 0 unspecified atom stereocenters. The lowest BCUT2D eigenvalue weighted by Gasteiger charge is -2.25. The number of aliphatic hydroxyl groups excluding tert-OH is 1. The summed E-state index contributed by atoms with van der Waals surface area (Å²) in [5.74, 6) is -0.304. The fraction of sp³-hybridized carbons (Fsp3) is 0.389. The number of aliphatic hydroxyl groups is 1. The number of amides is 2. The standard InChI is InChI=1S/C18H22N4O4/c1-26-15-5-3-2-4-13(15)17(24)21-14-10-19-22-16(14)18(25)20-11-6-8-12(23)9-7-11/h2-5,10-12,23H,6-9H2,1H3,(H,19,22)(H,20,25)(H,21,24)/t11-,12-. The number of carbonyl (C=O) groups is 2. The van der Waals surface area contributed by atoms with Gasteiger partial charge in [0.2, 0.25) is 0 Å². The van der Waals surface area contributed by atoms with Crippen LogP contribution in [0.4, 0.5) is 5.69 Å². The molecule has 2 aromatic rings. The summed E-state index contributed by atoms with van der Waals surface area (Å²) in [5.41, 5.74) is 0.789. The quantitative estimate of drug-likeness (QED) is 0.649. The number of hydrogen-bond donors (Lipinski definition) is 4. The third kappa shape index (κ3) is 4.02. The van der Waals surface area contributed by atoms with Crippen molar-refractivity contribution in [3.63, 3.8) is 0 Å². The lowest BCUT2D eigenvalue weighted by Crippen LogP contribution is -2.39. The summed E-state index contributed by atoms with van der Waals surface area (Å²) in [7, 11) is 1.49. The van der Waals surface area contributed by atoms with Gasteiger partial charge in [-0.15, -0.1) is 0 Å². The minimum Gasteiger partial charge on any atom is -0.496 e. The molecule has 3 rings (SSSR count). The highest BCUT2D eigenvalue weighted by Crippen LogP contribution is 2.22. The van der Waals surface area contributed by atoms with Crippen LogP contribution in [0, 0.1) is 0 Å². The van der Waals surface area contributed by atoms with Crippen LogP contribution in [-0.2, 0) is 0 Å². The SMILES string of the molecule is COc1ccccc1C(=O)Nc1c[nH]nc1C(=O)N[C@H]1CC[C@H](O)CC1. The minimum atomic E-state index is -0.390. The molecule has 1 aliphatic rings. The molecule has 4 N–H and O–H groups in total. The molecule has 0 atom stereocenters. The van der Waals surface area contributed by atoms with Crippen LogP contribution in [0.1, 0.15) is 46.5 Å². The summed E-state index contributed by atoms with van der Waals surface area (Å²) >= 11 is 0. The first kappa shape index (κ1) is 17.9. The molecular weight excluding hydrogens is 336 g/mol. The van der Waals surface area contributed by atoms with E-state index in [4.69, 9.17) is 4.74 Å². The molecule has 8 nitrogen and oxygen atoms in total. The molecule has 0 bridgehead atoms. The predicted octanol–water partition coefficient (Wildman–Crippen LogP) is 1.70. The summed E-state index contributed by atoms with van der Waals surface area (Å²) in [6, 6.07) is 6.84. The molecule has 0 aliphatic heterocycles. The van der Waals surface area contributed by atoms with E-state index >= 15 is 0 Å². The van der Waals surface area contributed by atoms with Crippen molar-refractivity contribution < 1.29 is 19.4 Å². The van der Waals surface area contributed by atoms with Gasteiger partial charge in [0.25, 0.3) is 11.8 Å². The molecular formula is C18H22N4O4. The lowest BCUT2D eigenvalue weighted by atomic mass is 9.93. The Kier molecular flexibility index (Phi) is 5.52. The third-order valence-electron chi connectivity index (χ3n) is 4.49. The monoisotopic (exact) mass is 358 g/mol. The Morgan fingerprint density at radius 2 is 1.92 bits per heavy atom. The van der Waals surface area contributed by atoms with Crippen molar-refractivity contribution >= 4 is 17.5 Å². The van der Waals surface area contributed by atoms with Gasteiger partial charge < -0.3 is 20.5 Å². The van der Waals surface area contributed by atoms with Crippen molar-refractivity contribution in [2.24, 2.45) is 0 Å². The van der Waals surface area contributed by atoms with E-state index in [1.54, 1.807) is 24.3 Å². The number of hydrogen-bond acceptors (Lipinski definition) is 5. The molecule has 1 aliphatic carbocycles. The molecule has 2 amide bonds. The van der Waals surface area contributed by atoms with Gasteiger partial charge in [0.1, 0.15) is 5.75 Å². The van der Waals surface area contributed by atoms with Gasteiger partial charge >= 0.3 is 0 Å². The van der Waals surface area contributed by atoms with Crippen molar-refractivity contribution in [1.29, 1.82) is 0 Å². The number of rotatable bonds is 5. The number of nitrogens with zero attached hydrogens (tertiary/aromatic N) is 1.